The average molecular weight is 187 g/mol. The van der Waals surface area contributed by atoms with Crippen molar-refractivity contribution in [1.29, 1.82) is 0 Å². The Morgan fingerprint density at radius 1 is 1.00 bits per heavy atom. The number of hydrogen-bond donors (Lipinski definition) is 2. The second-order valence-electron chi connectivity index (χ2n) is 3.79. The van der Waals surface area contributed by atoms with E-state index < -0.39 is 0 Å². The molecule has 0 heterocycles. The highest BCUT2D eigenvalue weighted by molar-refractivity contribution is 4.55. The Morgan fingerprint density at radius 3 is 2.23 bits per heavy atom. The summed E-state index contributed by atoms with van der Waals surface area (Å²) >= 11 is 0. The third kappa shape index (κ3) is 9.84. The molecule has 0 aromatic rings. The lowest BCUT2D eigenvalue weighted by atomic mass is 10.1. The molecule has 0 aromatic heterocycles. The van der Waals surface area contributed by atoms with E-state index in [1.54, 1.807) is 0 Å². The molecular weight excluding hydrogens is 162 g/mol. The van der Waals surface area contributed by atoms with E-state index >= 15 is 0 Å². The summed E-state index contributed by atoms with van der Waals surface area (Å²) in [6, 6.07) is 0. The molecule has 0 amide bonds. The third-order valence-electron chi connectivity index (χ3n) is 2.36. The van der Waals surface area contributed by atoms with Crippen LogP contribution in [0.25, 0.3) is 0 Å². The summed E-state index contributed by atoms with van der Waals surface area (Å²) in [6.45, 7) is 2.93. The average Bonchev–Trinajstić information content (AvgIpc) is 2.11. The molecule has 2 nitrogen and oxygen atoms in total. The van der Waals surface area contributed by atoms with Crippen molar-refractivity contribution in [2.24, 2.45) is 5.73 Å². The number of aliphatic hydroxyl groups excluding tert-OH is 1. The maximum atomic E-state index is 9.43. The van der Waals surface area contributed by atoms with Gasteiger partial charge >= 0.3 is 0 Å². The predicted molar refractivity (Wildman–Crippen MR) is 57.7 cm³/mol. The zero-order valence-corrected chi connectivity index (χ0v) is 8.97. The Morgan fingerprint density at radius 2 is 1.62 bits per heavy atom. The van der Waals surface area contributed by atoms with Crippen molar-refractivity contribution in [1.82, 2.24) is 0 Å². The van der Waals surface area contributed by atoms with E-state index in [0.717, 1.165) is 32.2 Å². The first-order chi connectivity index (χ1) is 6.31. The van der Waals surface area contributed by atoms with E-state index in [0.29, 0.717) is 0 Å². The third-order valence-corrected chi connectivity index (χ3v) is 2.36. The summed E-state index contributed by atoms with van der Waals surface area (Å²) in [4.78, 5) is 0. The standard InChI is InChI=1S/C11H25NO/c1-2-8-11(13)9-6-4-3-5-7-10-12/h11,13H,2-10,12H2,1H3. The van der Waals surface area contributed by atoms with Gasteiger partial charge in [0.25, 0.3) is 0 Å². The number of rotatable bonds is 9. The number of nitrogens with two attached hydrogens (primary N) is 1. The highest BCUT2D eigenvalue weighted by Crippen LogP contribution is 2.09. The molecule has 0 aromatic carbocycles. The molecule has 0 fully saturated rings. The van der Waals surface area contributed by atoms with E-state index in [-0.39, 0.29) is 6.10 Å². The molecule has 0 spiro atoms. The zero-order valence-electron chi connectivity index (χ0n) is 8.97. The maximum absolute atomic E-state index is 9.43. The Kier molecular flexibility index (Phi) is 9.94. The minimum Gasteiger partial charge on any atom is -0.393 e. The van der Waals surface area contributed by atoms with Crippen molar-refractivity contribution in [2.75, 3.05) is 6.54 Å². The van der Waals surface area contributed by atoms with Gasteiger partial charge in [-0.15, -0.1) is 0 Å². The van der Waals surface area contributed by atoms with Crippen LogP contribution >= 0.6 is 0 Å². The summed E-state index contributed by atoms with van der Waals surface area (Å²) in [5.41, 5.74) is 5.39. The van der Waals surface area contributed by atoms with E-state index in [1.807, 2.05) is 0 Å². The van der Waals surface area contributed by atoms with E-state index in [4.69, 9.17) is 5.73 Å². The summed E-state index contributed by atoms with van der Waals surface area (Å²) in [5.74, 6) is 0. The molecule has 0 aliphatic heterocycles. The fourth-order valence-corrected chi connectivity index (χ4v) is 1.53. The van der Waals surface area contributed by atoms with Crippen LogP contribution in [0.3, 0.4) is 0 Å². The molecule has 0 aliphatic carbocycles. The topological polar surface area (TPSA) is 46.2 Å². The van der Waals surface area contributed by atoms with Crippen LogP contribution in [0.1, 0.15) is 58.3 Å². The van der Waals surface area contributed by atoms with E-state index in [1.165, 1.54) is 25.7 Å². The Hall–Kier alpha value is -0.0800. The van der Waals surface area contributed by atoms with Crippen molar-refractivity contribution in [2.45, 2.75) is 64.4 Å². The highest BCUT2D eigenvalue weighted by atomic mass is 16.3. The summed E-state index contributed by atoms with van der Waals surface area (Å²) in [6.07, 6.45) is 9.08. The first-order valence-electron chi connectivity index (χ1n) is 5.69. The van der Waals surface area contributed by atoms with Gasteiger partial charge in [0.2, 0.25) is 0 Å². The van der Waals surface area contributed by atoms with Crippen molar-refractivity contribution in [3.05, 3.63) is 0 Å². The zero-order chi connectivity index (χ0) is 9.94. The van der Waals surface area contributed by atoms with Gasteiger partial charge in [-0.1, -0.05) is 39.0 Å². The number of aliphatic hydroxyl groups is 1. The molecular formula is C11H25NO. The summed E-state index contributed by atoms with van der Waals surface area (Å²) in [5, 5.41) is 9.43. The Labute approximate surface area is 82.5 Å². The first-order valence-corrected chi connectivity index (χ1v) is 5.69. The molecule has 3 N–H and O–H groups in total. The van der Waals surface area contributed by atoms with Gasteiger partial charge < -0.3 is 10.8 Å². The number of hydrogen-bond acceptors (Lipinski definition) is 2. The molecule has 80 valence electrons. The van der Waals surface area contributed by atoms with Gasteiger partial charge in [0.05, 0.1) is 6.10 Å². The van der Waals surface area contributed by atoms with Gasteiger partial charge in [0, 0.05) is 0 Å². The lowest BCUT2D eigenvalue weighted by molar-refractivity contribution is 0.150. The Balaban J connectivity index is 2.97. The highest BCUT2D eigenvalue weighted by Gasteiger charge is 2.01. The normalized spacial score (nSPS) is 13.2. The van der Waals surface area contributed by atoms with Crippen LogP contribution in [0.4, 0.5) is 0 Å². The minimum atomic E-state index is -0.0560. The van der Waals surface area contributed by atoms with Gasteiger partial charge in [0.1, 0.15) is 0 Å². The largest absolute Gasteiger partial charge is 0.393 e. The van der Waals surface area contributed by atoms with Crippen LogP contribution in [0, 0.1) is 0 Å². The van der Waals surface area contributed by atoms with Crippen LogP contribution in [-0.2, 0) is 0 Å². The summed E-state index contributed by atoms with van der Waals surface area (Å²) < 4.78 is 0. The number of unbranched alkanes of at least 4 members (excludes halogenated alkanes) is 4. The fourth-order valence-electron chi connectivity index (χ4n) is 1.53. The molecule has 0 aliphatic rings. The van der Waals surface area contributed by atoms with Gasteiger partial charge in [-0.3, -0.25) is 0 Å². The van der Waals surface area contributed by atoms with Crippen LogP contribution in [0.2, 0.25) is 0 Å². The molecule has 1 atom stereocenters. The predicted octanol–water partition coefficient (Wildman–Crippen LogP) is 2.45. The van der Waals surface area contributed by atoms with Crippen LogP contribution in [0.15, 0.2) is 0 Å². The quantitative estimate of drug-likeness (QED) is 0.545. The lowest BCUT2D eigenvalue weighted by Gasteiger charge is -2.08. The van der Waals surface area contributed by atoms with Crippen molar-refractivity contribution in [3.8, 4) is 0 Å². The van der Waals surface area contributed by atoms with E-state index in [2.05, 4.69) is 6.92 Å². The molecule has 1 unspecified atom stereocenters. The second-order valence-corrected chi connectivity index (χ2v) is 3.79. The van der Waals surface area contributed by atoms with Gasteiger partial charge in [0.15, 0.2) is 0 Å². The Bertz CT molecular complexity index is 96.1. The molecule has 2 heteroatoms. The molecule has 0 saturated heterocycles. The van der Waals surface area contributed by atoms with Crippen molar-refractivity contribution >= 4 is 0 Å². The minimum absolute atomic E-state index is 0.0560. The fraction of sp³-hybridized carbons (Fsp3) is 1.00. The molecule has 0 radical (unpaired) electrons. The van der Waals surface area contributed by atoms with Gasteiger partial charge in [-0.05, 0) is 25.8 Å². The summed E-state index contributed by atoms with van der Waals surface area (Å²) in [7, 11) is 0. The monoisotopic (exact) mass is 187 g/mol. The van der Waals surface area contributed by atoms with Crippen LogP contribution < -0.4 is 5.73 Å². The van der Waals surface area contributed by atoms with Crippen molar-refractivity contribution < 1.29 is 5.11 Å². The lowest BCUT2D eigenvalue weighted by Crippen LogP contribution is -2.05. The van der Waals surface area contributed by atoms with E-state index in [9.17, 15) is 5.11 Å². The maximum Gasteiger partial charge on any atom is 0.0540 e. The van der Waals surface area contributed by atoms with Gasteiger partial charge in [-0.2, -0.15) is 0 Å². The molecule has 0 rings (SSSR count). The molecule has 13 heavy (non-hydrogen) atoms. The molecule has 0 bridgehead atoms. The van der Waals surface area contributed by atoms with Gasteiger partial charge in [-0.25, -0.2) is 0 Å². The van der Waals surface area contributed by atoms with Crippen LogP contribution in [-0.4, -0.2) is 17.8 Å². The van der Waals surface area contributed by atoms with Crippen molar-refractivity contribution in [3.63, 3.8) is 0 Å². The smallest absolute Gasteiger partial charge is 0.0540 e. The second kappa shape index (κ2) is 10.0. The SMILES string of the molecule is CCCC(O)CCCCCCCN. The first kappa shape index (κ1) is 12.9. The molecule has 0 saturated carbocycles. The van der Waals surface area contributed by atoms with Crippen LogP contribution in [0.5, 0.6) is 0 Å².